The van der Waals surface area contributed by atoms with Gasteiger partial charge in [-0.15, -0.1) is 0 Å². The molecule has 5 nitrogen and oxygen atoms in total. The van der Waals surface area contributed by atoms with Gasteiger partial charge in [-0.05, 0) is 18.2 Å². The Morgan fingerprint density at radius 1 is 1.53 bits per heavy atom. The van der Waals surface area contributed by atoms with Crippen LogP contribution in [-0.2, 0) is 4.79 Å². The molecule has 1 atom stereocenters. The van der Waals surface area contributed by atoms with Crippen molar-refractivity contribution in [1.29, 1.82) is 5.26 Å². The first-order valence-corrected chi connectivity index (χ1v) is 4.29. The highest BCUT2D eigenvalue weighted by Gasteiger charge is 2.12. The van der Waals surface area contributed by atoms with E-state index in [1.54, 1.807) is 0 Å². The topological polar surface area (TPSA) is 93.4 Å². The number of benzene rings is 1. The molecule has 0 fully saturated rings. The van der Waals surface area contributed by atoms with E-state index in [9.17, 15) is 4.79 Å². The number of rotatable bonds is 3. The Morgan fingerprint density at radius 3 is 2.73 bits per heavy atom. The molecule has 0 spiro atoms. The summed E-state index contributed by atoms with van der Waals surface area (Å²) in [5.41, 5.74) is 0.552. The number of nitrogens with one attached hydrogen (secondary N) is 1. The molecule has 0 aliphatic rings. The van der Waals surface area contributed by atoms with Crippen molar-refractivity contribution in [3.05, 3.63) is 28.8 Å². The maximum atomic E-state index is 10.3. The van der Waals surface area contributed by atoms with Crippen molar-refractivity contribution in [3.8, 4) is 6.07 Å². The third-order valence-electron chi connectivity index (χ3n) is 1.56. The highest BCUT2D eigenvalue weighted by atomic mass is 35.5. The summed E-state index contributed by atoms with van der Waals surface area (Å²) in [6.45, 7) is 0. The maximum Gasteiger partial charge on any atom is 0.353 e. The van der Waals surface area contributed by atoms with Crippen LogP contribution in [0, 0.1) is 11.3 Å². The van der Waals surface area contributed by atoms with Gasteiger partial charge in [0.2, 0.25) is 6.23 Å². The quantitative estimate of drug-likeness (QED) is 0.670. The van der Waals surface area contributed by atoms with Crippen LogP contribution in [0.15, 0.2) is 18.2 Å². The van der Waals surface area contributed by atoms with E-state index in [0.717, 1.165) is 0 Å². The van der Waals surface area contributed by atoms with Crippen LogP contribution < -0.4 is 5.32 Å². The van der Waals surface area contributed by atoms with Crippen molar-refractivity contribution >= 4 is 23.3 Å². The molecule has 0 saturated carbocycles. The van der Waals surface area contributed by atoms with Gasteiger partial charge in [-0.2, -0.15) is 5.26 Å². The minimum atomic E-state index is -1.73. The van der Waals surface area contributed by atoms with Crippen LogP contribution in [0.25, 0.3) is 0 Å². The summed E-state index contributed by atoms with van der Waals surface area (Å²) in [6, 6.07) is 6.09. The Morgan fingerprint density at radius 2 is 2.20 bits per heavy atom. The van der Waals surface area contributed by atoms with Gasteiger partial charge in [0.15, 0.2) is 0 Å². The number of anilines is 1. The fourth-order valence-corrected chi connectivity index (χ4v) is 1.19. The van der Waals surface area contributed by atoms with Crippen molar-refractivity contribution in [2.24, 2.45) is 0 Å². The number of carbonyl (C=O) groups is 1. The molecule has 0 heterocycles. The zero-order valence-corrected chi connectivity index (χ0v) is 8.19. The average molecular weight is 227 g/mol. The number of halogens is 1. The Labute approximate surface area is 90.5 Å². The predicted molar refractivity (Wildman–Crippen MR) is 53.4 cm³/mol. The summed E-state index contributed by atoms with van der Waals surface area (Å²) >= 11 is 5.67. The molecule has 0 aliphatic carbocycles. The molecule has 1 aromatic rings. The van der Waals surface area contributed by atoms with Crippen LogP contribution in [0.1, 0.15) is 5.56 Å². The van der Waals surface area contributed by atoms with Crippen molar-refractivity contribution in [3.63, 3.8) is 0 Å². The first-order valence-electron chi connectivity index (χ1n) is 3.91. The van der Waals surface area contributed by atoms with Crippen LogP contribution in [0.3, 0.4) is 0 Å². The Balaban J connectivity index is 2.91. The number of aliphatic carboxylic acids is 1. The van der Waals surface area contributed by atoms with E-state index in [1.165, 1.54) is 18.2 Å². The first kappa shape index (κ1) is 11.3. The molecule has 1 unspecified atom stereocenters. The lowest BCUT2D eigenvalue weighted by atomic mass is 10.2. The zero-order chi connectivity index (χ0) is 11.4. The van der Waals surface area contributed by atoms with Crippen molar-refractivity contribution in [2.75, 3.05) is 5.32 Å². The fourth-order valence-electron chi connectivity index (χ4n) is 0.957. The molecule has 0 saturated heterocycles. The predicted octanol–water partition coefficient (Wildman–Crippen LogP) is 1.03. The number of carboxylic acid groups (broad SMARTS) is 1. The number of hydrogen-bond donors (Lipinski definition) is 3. The van der Waals surface area contributed by atoms with Gasteiger partial charge in [-0.25, -0.2) is 4.79 Å². The second kappa shape index (κ2) is 4.64. The highest BCUT2D eigenvalue weighted by molar-refractivity contribution is 6.31. The standard InChI is InChI=1S/C9H7ClN2O3/c10-6-1-5(4-11)2-7(3-6)12-8(13)9(14)15/h1-3,8,12-13H,(H,14,15). The molecule has 0 radical (unpaired) electrons. The highest BCUT2D eigenvalue weighted by Crippen LogP contribution is 2.18. The molecule has 6 heteroatoms. The lowest BCUT2D eigenvalue weighted by Crippen LogP contribution is -2.28. The molecule has 0 aliphatic heterocycles. The van der Waals surface area contributed by atoms with Crippen LogP contribution >= 0.6 is 11.6 Å². The lowest BCUT2D eigenvalue weighted by Gasteiger charge is -2.10. The molecule has 0 bridgehead atoms. The van der Waals surface area contributed by atoms with Gasteiger partial charge in [0.25, 0.3) is 0 Å². The van der Waals surface area contributed by atoms with Gasteiger partial charge in [0.1, 0.15) is 0 Å². The summed E-state index contributed by atoms with van der Waals surface area (Å²) in [4.78, 5) is 10.3. The number of nitriles is 1. The van der Waals surface area contributed by atoms with Gasteiger partial charge in [-0.1, -0.05) is 11.6 Å². The van der Waals surface area contributed by atoms with Crippen LogP contribution in [-0.4, -0.2) is 22.4 Å². The normalized spacial score (nSPS) is 11.5. The molecule has 78 valence electrons. The summed E-state index contributed by atoms with van der Waals surface area (Å²) in [5.74, 6) is -1.41. The summed E-state index contributed by atoms with van der Waals surface area (Å²) in [6.07, 6.45) is -1.73. The van der Waals surface area contributed by atoms with E-state index >= 15 is 0 Å². The first-order chi connectivity index (χ1) is 7.02. The third-order valence-corrected chi connectivity index (χ3v) is 1.78. The number of nitrogens with zero attached hydrogens (tertiary/aromatic N) is 1. The van der Waals surface area contributed by atoms with E-state index in [2.05, 4.69) is 5.32 Å². The van der Waals surface area contributed by atoms with Crippen LogP contribution in [0.4, 0.5) is 5.69 Å². The van der Waals surface area contributed by atoms with Crippen molar-refractivity contribution < 1.29 is 15.0 Å². The maximum absolute atomic E-state index is 10.3. The molecular weight excluding hydrogens is 220 g/mol. The summed E-state index contributed by atoms with van der Waals surface area (Å²) in [5, 5.41) is 28.6. The minimum Gasteiger partial charge on any atom is -0.478 e. The third kappa shape index (κ3) is 3.13. The van der Waals surface area contributed by atoms with E-state index in [1.807, 2.05) is 6.07 Å². The van der Waals surface area contributed by atoms with E-state index in [4.69, 9.17) is 27.1 Å². The second-order valence-corrected chi connectivity index (χ2v) is 3.16. The van der Waals surface area contributed by atoms with Crippen molar-refractivity contribution in [1.82, 2.24) is 0 Å². The van der Waals surface area contributed by atoms with Crippen LogP contribution in [0.5, 0.6) is 0 Å². The van der Waals surface area contributed by atoms with Gasteiger partial charge < -0.3 is 15.5 Å². The molecule has 1 aromatic carbocycles. The Hall–Kier alpha value is -1.77. The SMILES string of the molecule is N#Cc1cc(Cl)cc(NC(O)C(=O)O)c1. The van der Waals surface area contributed by atoms with Crippen molar-refractivity contribution in [2.45, 2.75) is 6.23 Å². The van der Waals surface area contributed by atoms with Gasteiger partial charge in [0.05, 0.1) is 11.6 Å². The van der Waals surface area contributed by atoms with Gasteiger partial charge in [-0.3, -0.25) is 0 Å². The van der Waals surface area contributed by atoms with E-state index in [-0.39, 0.29) is 16.3 Å². The monoisotopic (exact) mass is 226 g/mol. The van der Waals surface area contributed by atoms with Crippen LogP contribution in [0.2, 0.25) is 5.02 Å². The molecular formula is C9H7ClN2O3. The molecule has 0 aromatic heterocycles. The fraction of sp³-hybridized carbons (Fsp3) is 0.111. The second-order valence-electron chi connectivity index (χ2n) is 2.73. The summed E-state index contributed by atoms with van der Waals surface area (Å²) in [7, 11) is 0. The van der Waals surface area contributed by atoms with Gasteiger partial charge >= 0.3 is 5.97 Å². The Bertz CT molecular complexity index is 428. The smallest absolute Gasteiger partial charge is 0.353 e. The molecule has 0 amide bonds. The van der Waals surface area contributed by atoms with E-state index < -0.39 is 12.2 Å². The number of aliphatic hydroxyl groups is 1. The largest absolute Gasteiger partial charge is 0.478 e. The molecule has 3 N–H and O–H groups in total. The summed E-state index contributed by atoms with van der Waals surface area (Å²) < 4.78 is 0. The number of hydrogen-bond acceptors (Lipinski definition) is 4. The number of carboxylic acids is 1. The van der Waals surface area contributed by atoms with Gasteiger partial charge in [0, 0.05) is 10.7 Å². The minimum absolute atomic E-state index is 0.272. The lowest BCUT2D eigenvalue weighted by molar-refractivity contribution is -0.145. The van der Waals surface area contributed by atoms with E-state index in [0.29, 0.717) is 0 Å². The molecule has 1 rings (SSSR count). The molecule has 15 heavy (non-hydrogen) atoms. The average Bonchev–Trinajstić information content (AvgIpc) is 2.16. The zero-order valence-electron chi connectivity index (χ0n) is 7.44. The number of aliphatic hydroxyl groups excluding tert-OH is 1. The Kier molecular flexibility index (Phi) is 3.50.